The molecule has 0 unspecified atom stereocenters. The molecule has 0 radical (unpaired) electrons. The van der Waals surface area contributed by atoms with E-state index in [1.165, 1.54) is 18.3 Å². The van der Waals surface area contributed by atoms with Gasteiger partial charge in [0.25, 0.3) is 5.69 Å². The van der Waals surface area contributed by atoms with Crippen LogP contribution in [0.15, 0.2) is 36.7 Å². The van der Waals surface area contributed by atoms with Crippen LogP contribution < -0.4 is 0 Å². The fraction of sp³-hybridized carbons (Fsp3) is 0. The lowest BCUT2D eigenvalue weighted by molar-refractivity contribution is -0.384. The fourth-order valence-electron chi connectivity index (χ4n) is 1.28. The molecule has 1 heterocycles. The molecule has 6 heteroatoms. The van der Waals surface area contributed by atoms with E-state index in [9.17, 15) is 10.1 Å². The summed E-state index contributed by atoms with van der Waals surface area (Å²) in [5.74, 6) is 0. The predicted octanol–water partition coefficient (Wildman–Crippen LogP) is 2.71. The number of aromatic amines is 1. The first kappa shape index (κ1) is 10.4. The normalized spacial score (nSPS) is 10.0. The largest absolute Gasteiger partial charge is 0.350 e. The van der Waals surface area contributed by atoms with E-state index in [0.717, 1.165) is 0 Å². The quantitative estimate of drug-likeness (QED) is 0.491. The van der Waals surface area contributed by atoms with Crippen molar-refractivity contribution in [2.45, 2.75) is 0 Å². The van der Waals surface area contributed by atoms with Gasteiger partial charge in [-0.1, -0.05) is 24.4 Å². The van der Waals surface area contributed by atoms with Crippen molar-refractivity contribution in [1.82, 2.24) is 9.97 Å². The van der Waals surface area contributed by atoms with E-state index in [2.05, 4.69) is 9.97 Å². The number of H-pyrrole nitrogens is 1. The van der Waals surface area contributed by atoms with Crippen LogP contribution in [0.5, 0.6) is 0 Å². The Morgan fingerprint density at radius 2 is 2.25 bits per heavy atom. The van der Waals surface area contributed by atoms with Crippen LogP contribution in [-0.2, 0) is 0 Å². The Bertz CT molecular complexity index is 574. The summed E-state index contributed by atoms with van der Waals surface area (Å²) in [5.41, 5.74) is 1.35. The number of benzene rings is 1. The van der Waals surface area contributed by atoms with Crippen LogP contribution >= 0.6 is 12.2 Å². The minimum atomic E-state index is -0.436. The zero-order valence-electron chi connectivity index (χ0n) is 8.08. The van der Waals surface area contributed by atoms with Crippen molar-refractivity contribution >= 4 is 17.9 Å². The van der Waals surface area contributed by atoms with Gasteiger partial charge in [0.1, 0.15) is 4.64 Å². The molecule has 0 aliphatic rings. The van der Waals surface area contributed by atoms with Gasteiger partial charge in [-0.15, -0.1) is 0 Å². The van der Waals surface area contributed by atoms with Gasteiger partial charge in [0, 0.05) is 23.9 Å². The zero-order valence-corrected chi connectivity index (χ0v) is 8.90. The number of rotatable bonds is 2. The molecule has 16 heavy (non-hydrogen) atoms. The molecule has 0 amide bonds. The summed E-state index contributed by atoms with van der Waals surface area (Å²) in [6, 6.07) is 6.29. The molecular formula is C10H7N3O2S. The van der Waals surface area contributed by atoms with Crippen molar-refractivity contribution in [1.29, 1.82) is 0 Å². The van der Waals surface area contributed by atoms with Crippen LogP contribution in [0, 0.1) is 14.8 Å². The molecule has 0 saturated carbocycles. The molecule has 1 aromatic carbocycles. The third-order valence-corrected chi connectivity index (χ3v) is 2.25. The first-order chi connectivity index (χ1) is 7.66. The van der Waals surface area contributed by atoms with Gasteiger partial charge < -0.3 is 4.98 Å². The summed E-state index contributed by atoms with van der Waals surface area (Å²) in [6.45, 7) is 0. The Kier molecular flexibility index (Phi) is 2.74. The Morgan fingerprint density at radius 3 is 2.88 bits per heavy atom. The van der Waals surface area contributed by atoms with Gasteiger partial charge in [-0.2, -0.15) is 0 Å². The van der Waals surface area contributed by atoms with E-state index >= 15 is 0 Å². The van der Waals surface area contributed by atoms with Crippen molar-refractivity contribution in [3.05, 3.63) is 51.4 Å². The fourth-order valence-corrected chi connectivity index (χ4v) is 1.39. The predicted molar refractivity (Wildman–Crippen MR) is 61.5 cm³/mol. The molecule has 0 saturated heterocycles. The summed E-state index contributed by atoms with van der Waals surface area (Å²) in [4.78, 5) is 17.1. The Morgan fingerprint density at radius 1 is 1.44 bits per heavy atom. The molecule has 2 aromatic rings. The first-order valence-electron chi connectivity index (χ1n) is 4.46. The molecule has 0 spiro atoms. The third-order valence-electron chi connectivity index (χ3n) is 2.02. The number of non-ortho nitro benzene ring substituents is 1. The molecule has 0 aliphatic heterocycles. The lowest BCUT2D eigenvalue weighted by Crippen LogP contribution is -1.90. The highest BCUT2D eigenvalue weighted by Gasteiger charge is 2.07. The van der Waals surface area contributed by atoms with Gasteiger partial charge >= 0.3 is 0 Å². The van der Waals surface area contributed by atoms with Crippen molar-refractivity contribution in [2.75, 3.05) is 0 Å². The second-order valence-corrected chi connectivity index (χ2v) is 3.54. The van der Waals surface area contributed by atoms with Crippen molar-refractivity contribution in [2.24, 2.45) is 0 Å². The monoisotopic (exact) mass is 233 g/mol. The van der Waals surface area contributed by atoms with E-state index < -0.39 is 4.92 Å². The first-order valence-corrected chi connectivity index (χ1v) is 4.87. The molecule has 2 rings (SSSR count). The highest BCUT2D eigenvalue weighted by molar-refractivity contribution is 7.71. The molecule has 0 bridgehead atoms. The molecule has 0 fully saturated rings. The van der Waals surface area contributed by atoms with Gasteiger partial charge in [0.2, 0.25) is 0 Å². The Hall–Kier alpha value is -2.08. The summed E-state index contributed by atoms with van der Waals surface area (Å²) in [6.07, 6.45) is 3.13. The molecular weight excluding hydrogens is 226 g/mol. The van der Waals surface area contributed by atoms with Crippen LogP contribution in [0.1, 0.15) is 0 Å². The number of hydrogen-bond acceptors (Lipinski definition) is 4. The van der Waals surface area contributed by atoms with E-state index in [-0.39, 0.29) is 5.69 Å². The Balaban J connectivity index is 2.48. The van der Waals surface area contributed by atoms with E-state index in [1.54, 1.807) is 18.3 Å². The van der Waals surface area contributed by atoms with Gasteiger partial charge in [0.15, 0.2) is 0 Å². The second kappa shape index (κ2) is 4.19. The lowest BCUT2D eigenvalue weighted by atomic mass is 10.1. The maximum absolute atomic E-state index is 10.6. The van der Waals surface area contributed by atoms with Crippen LogP contribution in [0.2, 0.25) is 0 Å². The summed E-state index contributed by atoms with van der Waals surface area (Å²) >= 11 is 4.86. The number of nitro groups is 1. The Labute approximate surface area is 95.9 Å². The number of nitro benzene ring substituents is 1. The van der Waals surface area contributed by atoms with E-state index in [0.29, 0.717) is 15.9 Å². The highest BCUT2D eigenvalue weighted by Crippen LogP contribution is 2.20. The minimum absolute atomic E-state index is 0.0433. The maximum Gasteiger partial charge on any atom is 0.270 e. The van der Waals surface area contributed by atoms with Crippen LogP contribution in [0.25, 0.3) is 11.3 Å². The van der Waals surface area contributed by atoms with Gasteiger partial charge in [-0.3, -0.25) is 15.1 Å². The molecule has 1 aromatic heterocycles. The van der Waals surface area contributed by atoms with Gasteiger partial charge in [-0.25, -0.2) is 0 Å². The average Bonchev–Trinajstić information content (AvgIpc) is 2.30. The summed E-state index contributed by atoms with van der Waals surface area (Å²) in [5, 5.41) is 10.6. The molecule has 80 valence electrons. The summed E-state index contributed by atoms with van der Waals surface area (Å²) in [7, 11) is 0. The number of nitrogens with one attached hydrogen (secondary N) is 1. The van der Waals surface area contributed by atoms with E-state index in [4.69, 9.17) is 12.2 Å². The average molecular weight is 233 g/mol. The van der Waals surface area contributed by atoms with Crippen LogP contribution in [0.4, 0.5) is 5.69 Å². The van der Waals surface area contributed by atoms with Crippen LogP contribution in [-0.4, -0.2) is 14.9 Å². The van der Waals surface area contributed by atoms with Gasteiger partial charge in [0.05, 0.1) is 16.8 Å². The smallest absolute Gasteiger partial charge is 0.270 e. The highest BCUT2D eigenvalue weighted by atomic mass is 32.1. The molecule has 5 nitrogen and oxygen atoms in total. The number of nitrogens with zero attached hydrogens (tertiary/aromatic N) is 2. The SMILES string of the molecule is O=[N+]([O-])c1cccc(-c2c[nH]c(=S)cn2)c1. The lowest BCUT2D eigenvalue weighted by Gasteiger charge is -1.99. The van der Waals surface area contributed by atoms with Gasteiger partial charge in [-0.05, 0) is 0 Å². The number of aromatic nitrogens is 2. The standard InChI is InChI=1S/C10H7N3O2S/c14-13(15)8-3-1-2-7(4-8)9-5-12-10(16)6-11-9/h1-6H,(H,12,16). The maximum atomic E-state index is 10.6. The van der Waals surface area contributed by atoms with Crippen molar-refractivity contribution in [3.8, 4) is 11.3 Å². The van der Waals surface area contributed by atoms with Crippen LogP contribution in [0.3, 0.4) is 0 Å². The third kappa shape index (κ3) is 2.12. The zero-order chi connectivity index (χ0) is 11.5. The van der Waals surface area contributed by atoms with Crippen molar-refractivity contribution < 1.29 is 4.92 Å². The topological polar surface area (TPSA) is 71.8 Å². The second-order valence-electron chi connectivity index (χ2n) is 3.10. The molecule has 0 aliphatic carbocycles. The molecule has 0 atom stereocenters. The minimum Gasteiger partial charge on any atom is -0.350 e. The van der Waals surface area contributed by atoms with Crippen molar-refractivity contribution in [3.63, 3.8) is 0 Å². The van der Waals surface area contributed by atoms with E-state index in [1.807, 2.05) is 0 Å². The molecule has 1 N–H and O–H groups in total. The number of hydrogen-bond donors (Lipinski definition) is 1. The summed E-state index contributed by atoms with van der Waals surface area (Å²) < 4.78 is 0.522.